The average molecular weight is 432 g/mol. The first-order valence-electron chi connectivity index (χ1n) is 8.39. The van der Waals surface area contributed by atoms with Gasteiger partial charge in [-0.2, -0.15) is 0 Å². The Balaban J connectivity index is 0.00000261. The molecule has 1 fully saturated rings. The number of piperazine rings is 1. The lowest BCUT2D eigenvalue weighted by Gasteiger charge is -2.36. The molecule has 1 unspecified atom stereocenters. The molecule has 0 saturated carbocycles. The Kier molecular flexibility index (Phi) is 7.91. The van der Waals surface area contributed by atoms with Crippen LogP contribution < -0.4 is 15.2 Å². The zero-order valence-corrected chi connectivity index (χ0v) is 17.1. The number of halogens is 2. The zero-order chi connectivity index (χ0) is 18.6. The van der Waals surface area contributed by atoms with Crippen LogP contribution in [0.25, 0.3) is 0 Å². The summed E-state index contributed by atoms with van der Waals surface area (Å²) in [7, 11) is -3.68. The van der Waals surface area contributed by atoms with Crippen molar-refractivity contribution in [2.24, 2.45) is 5.14 Å². The lowest BCUT2D eigenvalue weighted by Crippen LogP contribution is -2.47. The highest BCUT2D eigenvalue weighted by Crippen LogP contribution is 2.24. The predicted octanol–water partition coefficient (Wildman–Crippen LogP) is 2.43. The number of sulfonamides is 1. The summed E-state index contributed by atoms with van der Waals surface area (Å²) in [6, 6.07) is 14.3. The molecular weight excluding hydrogens is 409 g/mol. The number of ether oxygens (including phenoxy) is 1. The zero-order valence-electron chi connectivity index (χ0n) is 14.7. The minimum Gasteiger partial charge on any atom is -0.492 e. The van der Waals surface area contributed by atoms with Crippen molar-refractivity contribution in [2.75, 3.05) is 32.8 Å². The maximum Gasteiger partial charge on any atom is 0.238 e. The number of benzene rings is 2. The Hall–Kier alpha value is -1.35. The van der Waals surface area contributed by atoms with E-state index in [4.69, 9.17) is 21.5 Å². The van der Waals surface area contributed by atoms with Crippen LogP contribution in [-0.2, 0) is 10.0 Å². The van der Waals surface area contributed by atoms with E-state index < -0.39 is 10.0 Å². The van der Waals surface area contributed by atoms with Crippen molar-refractivity contribution in [1.29, 1.82) is 0 Å². The molecule has 1 aliphatic rings. The van der Waals surface area contributed by atoms with E-state index in [-0.39, 0.29) is 23.3 Å². The average Bonchev–Trinajstić information content (AvgIpc) is 2.62. The van der Waals surface area contributed by atoms with Crippen LogP contribution >= 0.6 is 24.0 Å². The largest absolute Gasteiger partial charge is 0.492 e. The van der Waals surface area contributed by atoms with Crippen LogP contribution in [0, 0.1) is 0 Å². The van der Waals surface area contributed by atoms with Crippen LogP contribution in [0.5, 0.6) is 5.75 Å². The van der Waals surface area contributed by atoms with E-state index in [0.29, 0.717) is 12.4 Å². The van der Waals surface area contributed by atoms with Crippen LogP contribution in [0.1, 0.15) is 11.6 Å². The van der Waals surface area contributed by atoms with Gasteiger partial charge in [0.2, 0.25) is 10.0 Å². The summed E-state index contributed by atoms with van der Waals surface area (Å²) < 4.78 is 28.3. The van der Waals surface area contributed by atoms with Gasteiger partial charge in [0, 0.05) is 37.2 Å². The third kappa shape index (κ3) is 6.07. The second-order valence-corrected chi connectivity index (χ2v) is 8.17. The number of hydrogen-bond donors (Lipinski definition) is 2. The first-order valence-corrected chi connectivity index (χ1v) is 10.3. The summed E-state index contributed by atoms with van der Waals surface area (Å²) >= 11 is 6.13. The van der Waals surface area contributed by atoms with Crippen molar-refractivity contribution in [3.05, 3.63) is 59.1 Å². The summed E-state index contributed by atoms with van der Waals surface area (Å²) in [5.41, 5.74) is 1.18. The van der Waals surface area contributed by atoms with Crippen molar-refractivity contribution >= 4 is 34.0 Å². The molecule has 9 heteroatoms. The fourth-order valence-corrected chi connectivity index (χ4v) is 3.78. The highest BCUT2D eigenvalue weighted by molar-refractivity contribution is 7.89. The van der Waals surface area contributed by atoms with E-state index in [0.717, 1.165) is 31.2 Å². The van der Waals surface area contributed by atoms with Crippen LogP contribution in [-0.4, -0.2) is 46.1 Å². The molecule has 2 aromatic carbocycles. The van der Waals surface area contributed by atoms with Gasteiger partial charge in [0.15, 0.2) is 0 Å². The quantitative estimate of drug-likeness (QED) is 0.733. The lowest BCUT2D eigenvalue weighted by molar-refractivity contribution is 0.134. The summed E-state index contributed by atoms with van der Waals surface area (Å²) in [6.07, 6.45) is 0. The molecule has 0 radical (unpaired) electrons. The molecule has 2 aromatic rings. The highest BCUT2D eigenvalue weighted by atomic mass is 35.5. The van der Waals surface area contributed by atoms with E-state index in [1.54, 1.807) is 12.1 Å². The molecule has 0 aliphatic carbocycles. The molecule has 0 amide bonds. The summed E-state index contributed by atoms with van der Waals surface area (Å²) in [5.74, 6) is 0.617. The van der Waals surface area contributed by atoms with Gasteiger partial charge in [-0.15, -0.1) is 12.4 Å². The van der Waals surface area contributed by atoms with E-state index in [1.165, 1.54) is 17.7 Å². The summed E-state index contributed by atoms with van der Waals surface area (Å²) in [6.45, 7) is 3.98. The first-order chi connectivity index (χ1) is 12.4. The SMILES string of the molecule is Cl.NS(=O)(=O)c1ccc(OCCN2CCNCC2c2cccc(Cl)c2)cc1. The van der Waals surface area contributed by atoms with Crippen LogP contribution in [0.4, 0.5) is 0 Å². The van der Waals surface area contributed by atoms with Crippen LogP contribution in [0.15, 0.2) is 53.4 Å². The highest BCUT2D eigenvalue weighted by Gasteiger charge is 2.23. The minimum atomic E-state index is -3.68. The Morgan fingerprint density at radius 1 is 1.22 bits per heavy atom. The monoisotopic (exact) mass is 431 g/mol. The molecule has 0 aromatic heterocycles. The van der Waals surface area contributed by atoms with Gasteiger partial charge < -0.3 is 10.1 Å². The second-order valence-electron chi connectivity index (χ2n) is 6.18. The molecule has 148 valence electrons. The van der Waals surface area contributed by atoms with Crippen molar-refractivity contribution in [2.45, 2.75) is 10.9 Å². The molecule has 3 rings (SSSR count). The lowest BCUT2D eigenvalue weighted by atomic mass is 10.0. The smallest absolute Gasteiger partial charge is 0.238 e. The minimum absolute atomic E-state index is 0. The summed E-state index contributed by atoms with van der Waals surface area (Å²) in [5, 5.41) is 9.25. The Labute approximate surface area is 171 Å². The Morgan fingerprint density at radius 3 is 2.63 bits per heavy atom. The Bertz CT molecular complexity index is 847. The summed E-state index contributed by atoms with van der Waals surface area (Å²) in [4.78, 5) is 2.44. The third-order valence-electron chi connectivity index (χ3n) is 4.39. The molecular formula is C18H23Cl2N3O3S. The molecule has 1 saturated heterocycles. The number of nitrogens with one attached hydrogen (secondary N) is 1. The van der Waals surface area contributed by atoms with Gasteiger partial charge >= 0.3 is 0 Å². The first kappa shape index (κ1) is 21.9. The number of nitrogens with zero attached hydrogens (tertiary/aromatic N) is 1. The van der Waals surface area contributed by atoms with Crippen molar-refractivity contribution in [3.63, 3.8) is 0 Å². The van der Waals surface area contributed by atoms with Gasteiger partial charge in [0.1, 0.15) is 12.4 Å². The molecule has 0 spiro atoms. The third-order valence-corrected chi connectivity index (χ3v) is 5.55. The number of hydrogen-bond acceptors (Lipinski definition) is 5. The molecule has 1 heterocycles. The Morgan fingerprint density at radius 2 is 1.96 bits per heavy atom. The van der Waals surface area contributed by atoms with Crippen LogP contribution in [0.3, 0.4) is 0 Å². The van der Waals surface area contributed by atoms with Gasteiger partial charge in [-0.3, -0.25) is 4.90 Å². The molecule has 1 aliphatic heterocycles. The van der Waals surface area contributed by atoms with Gasteiger partial charge in [0.25, 0.3) is 0 Å². The molecule has 27 heavy (non-hydrogen) atoms. The molecule has 1 atom stereocenters. The molecule has 6 nitrogen and oxygen atoms in total. The van der Waals surface area contributed by atoms with Gasteiger partial charge in [-0.05, 0) is 42.0 Å². The number of rotatable bonds is 6. The van der Waals surface area contributed by atoms with Gasteiger partial charge in [-0.1, -0.05) is 23.7 Å². The van der Waals surface area contributed by atoms with E-state index in [1.807, 2.05) is 18.2 Å². The normalized spacial score (nSPS) is 17.9. The maximum absolute atomic E-state index is 11.3. The standard InChI is InChI=1S/C18H22ClN3O3S.ClH/c19-15-3-1-2-14(12-15)18-13-21-8-9-22(18)10-11-25-16-4-6-17(7-5-16)26(20,23)24;/h1-7,12,18,21H,8-11,13H2,(H2,20,23,24);1H. The molecule has 3 N–H and O–H groups in total. The second kappa shape index (κ2) is 9.73. The number of nitrogens with two attached hydrogens (primary N) is 1. The van der Waals surface area contributed by atoms with E-state index in [9.17, 15) is 8.42 Å². The van der Waals surface area contributed by atoms with Crippen molar-refractivity contribution in [3.8, 4) is 5.75 Å². The van der Waals surface area contributed by atoms with Crippen molar-refractivity contribution < 1.29 is 13.2 Å². The fourth-order valence-electron chi connectivity index (χ4n) is 3.06. The predicted molar refractivity (Wildman–Crippen MR) is 109 cm³/mol. The van der Waals surface area contributed by atoms with E-state index >= 15 is 0 Å². The van der Waals surface area contributed by atoms with Gasteiger partial charge in [-0.25, -0.2) is 13.6 Å². The fraction of sp³-hybridized carbons (Fsp3) is 0.333. The van der Waals surface area contributed by atoms with Crippen LogP contribution in [0.2, 0.25) is 5.02 Å². The van der Waals surface area contributed by atoms with E-state index in [2.05, 4.69) is 16.3 Å². The topological polar surface area (TPSA) is 84.7 Å². The molecule has 0 bridgehead atoms. The maximum atomic E-state index is 11.3. The van der Waals surface area contributed by atoms with Crippen molar-refractivity contribution in [1.82, 2.24) is 10.2 Å². The van der Waals surface area contributed by atoms with Gasteiger partial charge in [0.05, 0.1) is 4.90 Å². The number of primary sulfonamides is 1.